The van der Waals surface area contributed by atoms with E-state index in [1.54, 1.807) is 0 Å². The van der Waals surface area contributed by atoms with E-state index >= 15 is 0 Å². The molecule has 0 aliphatic heterocycles. The molecule has 1 fully saturated rings. The van der Waals surface area contributed by atoms with Crippen molar-refractivity contribution in [2.45, 2.75) is 57.9 Å². The Balaban J connectivity index is 1.81. The van der Waals surface area contributed by atoms with E-state index in [0.29, 0.717) is 5.92 Å². The van der Waals surface area contributed by atoms with E-state index in [0.717, 1.165) is 24.4 Å². The summed E-state index contributed by atoms with van der Waals surface area (Å²) in [5.74, 6) is 2.33. The van der Waals surface area contributed by atoms with Gasteiger partial charge in [-0.1, -0.05) is 19.9 Å². The average molecular weight is 258 g/mol. The van der Waals surface area contributed by atoms with Crippen LogP contribution in [-0.2, 0) is 6.42 Å². The number of hydrogen-bond acceptors (Lipinski definition) is 2. The summed E-state index contributed by atoms with van der Waals surface area (Å²) >= 11 is 0. The Labute approximate surface area is 117 Å². The molecule has 3 rings (SSSR count). The Bertz CT molecular complexity index is 429. The van der Waals surface area contributed by atoms with Crippen LogP contribution >= 0.6 is 0 Å². The highest BCUT2D eigenvalue weighted by Gasteiger charge is 2.39. The van der Waals surface area contributed by atoms with E-state index in [1.165, 1.54) is 43.4 Å². The molecule has 0 amide bonds. The lowest BCUT2D eigenvalue weighted by Crippen LogP contribution is -2.34. The largest absolute Gasteiger partial charge is 0.314 e. The van der Waals surface area contributed by atoms with E-state index < -0.39 is 0 Å². The Hall–Kier alpha value is -0.890. The summed E-state index contributed by atoms with van der Waals surface area (Å²) in [6.07, 6.45) is 8.63. The van der Waals surface area contributed by atoms with Gasteiger partial charge < -0.3 is 5.32 Å². The lowest BCUT2D eigenvalue weighted by molar-refractivity contribution is 0.285. The highest BCUT2D eigenvalue weighted by molar-refractivity contribution is 5.27. The smallest absolute Gasteiger partial charge is 0.0469 e. The number of rotatable bonds is 3. The van der Waals surface area contributed by atoms with Gasteiger partial charge >= 0.3 is 0 Å². The zero-order valence-electron chi connectivity index (χ0n) is 12.2. The van der Waals surface area contributed by atoms with Crippen LogP contribution in [0.3, 0.4) is 0 Å². The first-order valence-corrected chi connectivity index (χ1v) is 7.98. The highest BCUT2D eigenvalue weighted by atomic mass is 14.9. The van der Waals surface area contributed by atoms with Crippen LogP contribution in [0.4, 0.5) is 0 Å². The zero-order chi connectivity index (χ0) is 13.2. The van der Waals surface area contributed by atoms with Gasteiger partial charge in [0.05, 0.1) is 0 Å². The third-order valence-corrected chi connectivity index (χ3v) is 5.34. The second-order valence-electron chi connectivity index (χ2n) is 6.31. The van der Waals surface area contributed by atoms with Crippen molar-refractivity contribution in [1.82, 2.24) is 10.3 Å². The SMILES string of the molecule is CCNC1CCC(C2CCCc3cccnc32)C1C. The van der Waals surface area contributed by atoms with E-state index in [-0.39, 0.29) is 0 Å². The molecule has 104 valence electrons. The Morgan fingerprint density at radius 3 is 3.05 bits per heavy atom. The van der Waals surface area contributed by atoms with Crippen LogP contribution in [0.1, 0.15) is 56.7 Å². The van der Waals surface area contributed by atoms with Crippen LogP contribution in [-0.4, -0.2) is 17.6 Å². The van der Waals surface area contributed by atoms with E-state index in [9.17, 15) is 0 Å². The molecule has 0 saturated heterocycles. The number of nitrogens with zero attached hydrogens (tertiary/aromatic N) is 1. The van der Waals surface area contributed by atoms with Crippen molar-refractivity contribution in [1.29, 1.82) is 0 Å². The molecule has 2 heteroatoms. The van der Waals surface area contributed by atoms with Gasteiger partial charge in [0.2, 0.25) is 0 Å². The Kier molecular flexibility index (Phi) is 3.88. The van der Waals surface area contributed by atoms with Crippen LogP contribution in [0.15, 0.2) is 18.3 Å². The van der Waals surface area contributed by atoms with Gasteiger partial charge in [-0.2, -0.15) is 0 Å². The molecule has 1 heterocycles. The third kappa shape index (κ3) is 2.43. The summed E-state index contributed by atoms with van der Waals surface area (Å²) < 4.78 is 0. The molecule has 1 aromatic heterocycles. The predicted molar refractivity (Wildman–Crippen MR) is 79.3 cm³/mol. The fraction of sp³-hybridized carbons (Fsp3) is 0.706. The lowest BCUT2D eigenvalue weighted by atomic mass is 9.74. The molecule has 0 spiro atoms. The first kappa shape index (κ1) is 13.1. The molecular formula is C17H26N2. The van der Waals surface area contributed by atoms with Crippen LogP contribution < -0.4 is 5.32 Å². The zero-order valence-corrected chi connectivity index (χ0v) is 12.2. The van der Waals surface area contributed by atoms with E-state index in [1.807, 2.05) is 6.20 Å². The van der Waals surface area contributed by atoms with Crippen molar-refractivity contribution < 1.29 is 0 Å². The minimum atomic E-state index is 0.712. The van der Waals surface area contributed by atoms with Gasteiger partial charge in [-0.3, -0.25) is 4.98 Å². The molecule has 1 N–H and O–H groups in total. The molecule has 4 atom stereocenters. The van der Waals surface area contributed by atoms with Gasteiger partial charge in [0.15, 0.2) is 0 Å². The summed E-state index contributed by atoms with van der Waals surface area (Å²) in [5, 5.41) is 3.67. The van der Waals surface area contributed by atoms with Gasteiger partial charge in [-0.15, -0.1) is 0 Å². The molecule has 0 bridgehead atoms. The second-order valence-corrected chi connectivity index (χ2v) is 6.31. The molecule has 19 heavy (non-hydrogen) atoms. The molecule has 4 unspecified atom stereocenters. The number of aryl methyl sites for hydroxylation is 1. The summed E-state index contributed by atoms with van der Waals surface area (Å²) in [7, 11) is 0. The number of aromatic nitrogens is 1. The average Bonchev–Trinajstić information content (AvgIpc) is 2.80. The van der Waals surface area contributed by atoms with Crippen molar-refractivity contribution >= 4 is 0 Å². The number of hydrogen-bond donors (Lipinski definition) is 1. The van der Waals surface area contributed by atoms with Crippen molar-refractivity contribution in [3.63, 3.8) is 0 Å². The summed E-state index contributed by atoms with van der Waals surface area (Å²) in [5.41, 5.74) is 2.93. The maximum atomic E-state index is 4.73. The van der Waals surface area contributed by atoms with Crippen LogP contribution in [0.5, 0.6) is 0 Å². The summed E-state index contributed by atoms with van der Waals surface area (Å²) in [6, 6.07) is 5.11. The predicted octanol–water partition coefficient (Wildman–Crippen LogP) is 3.53. The molecule has 0 radical (unpaired) electrons. The highest BCUT2D eigenvalue weighted by Crippen LogP contribution is 2.45. The Morgan fingerprint density at radius 1 is 1.32 bits per heavy atom. The van der Waals surface area contributed by atoms with Crippen LogP contribution in [0, 0.1) is 11.8 Å². The van der Waals surface area contributed by atoms with Crippen molar-refractivity contribution in [3.8, 4) is 0 Å². The van der Waals surface area contributed by atoms with Crippen LogP contribution in [0.25, 0.3) is 0 Å². The molecule has 2 aliphatic carbocycles. The third-order valence-electron chi connectivity index (χ3n) is 5.34. The fourth-order valence-electron chi connectivity index (χ4n) is 4.38. The van der Waals surface area contributed by atoms with Crippen molar-refractivity contribution in [2.24, 2.45) is 11.8 Å². The van der Waals surface area contributed by atoms with Gasteiger partial charge in [0.1, 0.15) is 0 Å². The topological polar surface area (TPSA) is 24.9 Å². The quantitative estimate of drug-likeness (QED) is 0.897. The van der Waals surface area contributed by atoms with Crippen molar-refractivity contribution in [2.75, 3.05) is 6.54 Å². The maximum Gasteiger partial charge on any atom is 0.0469 e. The minimum Gasteiger partial charge on any atom is -0.314 e. The molecule has 2 aliphatic rings. The standard InChI is InChI=1S/C17H26N2/c1-3-18-16-10-9-14(12(16)2)15-8-4-6-13-7-5-11-19-17(13)15/h5,7,11-12,14-16,18H,3-4,6,8-10H2,1-2H3. The summed E-state index contributed by atoms with van der Waals surface area (Å²) in [6.45, 7) is 5.76. The monoisotopic (exact) mass is 258 g/mol. The van der Waals surface area contributed by atoms with E-state index in [4.69, 9.17) is 4.98 Å². The Morgan fingerprint density at radius 2 is 2.21 bits per heavy atom. The second kappa shape index (κ2) is 5.62. The van der Waals surface area contributed by atoms with Gasteiger partial charge in [0, 0.05) is 23.9 Å². The number of fused-ring (bicyclic) bond motifs is 1. The molecule has 1 saturated carbocycles. The van der Waals surface area contributed by atoms with Gasteiger partial charge in [-0.05, 0) is 62.1 Å². The molecule has 2 nitrogen and oxygen atoms in total. The molecular weight excluding hydrogens is 232 g/mol. The molecule has 0 aromatic carbocycles. The summed E-state index contributed by atoms with van der Waals surface area (Å²) in [4.78, 5) is 4.73. The normalized spacial score (nSPS) is 34.2. The molecule has 1 aromatic rings. The van der Waals surface area contributed by atoms with Crippen LogP contribution in [0.2, 0.25) is 0 Å². The van der Waals surface area contributed by atoms with Gasteiger partial charge in [-0.25, -0.2) is 0 Å². The number of nitrogens with one attached hydrogen (secondary N) is 1. The lowest BCUT2D eigenvalue weighted by Gasteiger charge is -2.32. The van der Waals surface area contributed by atoms with E-state index in [2.05, 4.69) is 31.3 Å². The van der Waals surface area contributed by atoms with Gasteiger partial charge in [0.25, 0.3) is 0 Å². The first-order chi connectivity index (χ1) is 9.31. The first-order valence-electron chi connectivity index (χ1n) is 7.98. The minimum absolute atomic E-state index is 0.712. The maximum absolute atomic E-state index is 4.73. The fourth-order valence-corrected chi connectivity index (χ4v) is 4.38. The van der Waals surface area contributed by atoms with Crippen molar-refractivity contribution in [3.05, 3.63) is 29.6 Å². The number of pyridine rings is 1.